The average Bonchev–Trinajstić information content (AvgIpc) is 3.03. The van der Waals surface area contributed by atoms with E-state index in [0.717, 1.165) is 17.7 Å². The van der Waals surface area contributed by atoms with Crippen LogP contribution in [0.2, 0.25) is 0 Å². The molecule has 1 aromatic heterocycles. The Balaban J connectivity index is 0.00000312. The minimum absolute atomic E-state index is 0. The Labute approximate surface area is 155 Å². The molecule has 0 bridgehead atoms. The smallest absolute Gasteiger partial charge is 0.272 e. The molecule has 0 fully saturated rings. The molecule has 0 spiro atoms. The van der Waals surface area contributed by atoms with Gasteiger partial charge in [-0.3, -0.25) is 4.79 Å². The summed E-state index contributed by atoms with van der Waals surface area (Å²) >= 11 is 0. The first-order chi connectivity index (χ1) is 11.4. The van der Waals surface area contributed by atoms with E-state index < -0.39 is 0 Å². The van der Waals surface area contributed by atoms with E-state index in [-0.39, 0.29) is 24.4 Å². The standard InChI is InChI=1S/C18H26N4O2.ClH/c1-12(2)9-14(11-19)20-18(23)15-7-8-22(21-15)16-10-13(3)5-6-17(16)24-4;/h5-8,10,12,14H,9,11,19H2,1-4H3,(H,20,23);1H. The Morgan fingerprint density at radius 1 is 1.36 bits per heavy atom. The summed E-state index contributed by atoms with van der Waals surface area (Å²) in [6.07, 6.45) is 2.60. The number of halogens is 1. The molecular formula is C18H27ClN4O2. The second-order valence-corrected chi connectivity index (χ2v) is 6.36. The molecule has 0 aliphatic carbocycles. The van der Waals surface area contributed by atoms with Gasteiger partial charge < -0.3 is 15.8 Å². The van der Waals surface area contributed by atoms with Crippen LogP contribution in [0.3, 0.4) is 0 Å². The van der Waals surface area contributed by atoms with Crippen LogP contribution >= 0.6 is 12.4 Å². The van der Waals surface area contributed by atoms with Gasteiger partial charge >= 0.3 is 0 Å². The fraction of sp³-hybridized carbons (Fsp3) is 0.444. The lowest BCUT2D eigenvalue weighted by molar-refractivity contribution is 0.0928. The maximum atomic E-state index is 12.4. The highest BCUT2D eigenvalue weighted by Crippen LogP contribution is 2.23. The molecular weight excluding hydrogens is 340 g/mol. The molecule has 2 aromatic rings. The fourth-order valence-corrected chi connectivity index (χ4v) is 2.60. The third kappa shape index (κ3) is 5.47. The molecule has 1 atom stereocenters. The molecule has 1 heterocycles. The summed E-state index contributed by atoms with van der Waals surface area (Å²) in [5.41, 5.74) is 7.99. The van der Waals surface area contributed by atoms with Crippen molar-refractivity contribution in [3.63, 3.8) is 0 Å². The van der Waals surface area contributed by atoms with Crippen molar-refractivity contribution in [3.05, 3.63) is 41.7 Å². The Kier molecular flexibility index (Phi) is 7.93. The predicted octanol–water partition coefficient (Wildman–Crippen LogP) is 2.71. The van der Waals surface area contributed by atoms with Crippen molar-refractivity contribution in [2.24, 2.45) is 11.7 Å². The van der Waals surface area contributed by atoms with Crippen molar-refractivity contribution >= 4 is 18.3 Å². The molecule has 6 nitrogen and oxygen atoms in total. The van der Waals surface area contributed by atoms with Gasteiger partial charge in [-0.2, -0.15) is 5.10 Å². The number of nitrogens with two attached hydrogens (primary N) is 1. The molecule has 25 heavy (non-hydrogen) atoms. The molecule has 3 N–H and O–H groups in total. The van der Waals surface area contributed by atoms with Crippen molar-refractivity contribution < 1.29 is 9.53 Å². The first-order valence-electron chi connectivity index (χ1n) is 8.16. The fourth-order valence-electron chi connectivity index (χ4n) is 2.60. The molecule has 2 rings (SSSR count). The number of nitrogens with zero attached hydrogens (tertiary/aromatic N) is 2. The third-order valence-corrected chi connectivity index (χ3v) is 3.78. The Morgan fingerprint density at radius 2 is 2.08 bits per heavy atom. The van der Waals surface area contributed by atoms with Gasteiger partial charge in [-0.15, -0.1) is 12.4 Å². The number of methoxy groups -OCH3 is 1. The van der Waals surface area contributed by atoms with Gasteiger partial charge in [-0.1, -0.05) is 19.9 Å². The number of benzene rings is 1. The zero-order valence-electron chi connectivity index (χ0n) is 15.2. The van der Waals surface area contributed by atoms with Gasteiger partial charge in [0.15, 0.2) is 5.69 Å². The lowest BCUT2D eigenvalue weighted by Crippen LogP contribution is -2.41. The van der Waals surface area contributed by atoms with Gasteiger partial charge in [0.05, 0.1) is 7.11 Å². The van der Waals surface area contributed by atoms with E-state index in [4.69, 9.17) is 10.5 Å². The minimum atomic E-state index is -0.212. The summed E-state index contributed by atoms with van der Waals surface area (Å²) in [5, 5.41) is 7.33. The molecule has 0 aliphatic heterocycles. The Bertz CT molecular complexity index is 700. The number of ether oxygens (including phenoxy) is 1. The maximum Gasteiger partial charge on any atom is 0.272 e. The maximum absolute atomic E-state index is 12.4. The minimum Gasteiger partial charge on any atom is -0.494 e. The first-order valence-corrected chi connectivity index (χ1v) is 8.16. The van der Waals surface area contributed by atoms with Gasteiger partial charge in [0, 0.05) is 18.8 Å². The number of aromatic nitrogens is 2. The highest BCUT2D eigenvalue weighted by molar-refractivity contribution is 5.92. The van der Waals surface area contributed by atoms with E-state index in [2.05, 4.69) is 24.3 Å². The second-order valence-electron chi connectivity index (χ2n) is 6.36. The van der Waals surface area contributed by atoms with Crippen LogP contribution in [-0.2, 0) is 0 Å². The molecule has 0 aliphatic rings. The van der Waals surface area contributed by atoms with E-state index in [0.29, 0.717) is 23.9 Å². The van der Waals surface area contributed by atoms with Gasteiger partial charge in [0.2, 0.25) is 0 Å². The predicted molar refractivity (Wildman–Crippen MR) is 102 cm³/mol. The summed E-state index contributed by atoms with van der Waals surface area (Å²) in [6.45, 7) is 6.62. The highest BCUT2D eigenvalue weighted by atomic mass is 35.5. The summed E-state index contributed by atoms with van der Waals surface area (Å²) in [6, 6.07) is 7.47. The zero-order valence-corrected chi connectivity index (χ0v) is 16.0. The number of amides is 1. The number of aryl methyl sites for hydroxylation is 1. The topological polar surface area (TPSA) is 82.2 Å². The van der Waals surface area contributed by atoms with Crippen LogP contribution in [0, 0.1) is 12.8 Å². The zero-order chi connectivity index (χ0) is 17.7. The van der Waals surface area contributed by atoms with Crippen molar-refractivity contribution in [3.8, 4) is 11.4 Å². The SMILES string of the molecule is COc1ccc(C)cc1-n1ccc(C(=O)NC(CN)CC(C)C)n1.Cl. The molecule has 138 valence electrons. The van der Waals surface area contributed by atoms with Crippen molar-refractivity contribution in [2.45, 2.75) is 33.2 Å². The van der Waals surface area contributed by atoms with Crippen LogP contribution < -0.4 is 15.8 Å². The van der Waals surface area contributed by atoms with Gasteiger partial charge in [-0.05, 0) is 43.0 Å². The lowest BCUT2D eigenvalue weighted by atomic mass is 10.0. The third-order valence-electron chi connectivity index (χ3n) is 3.78. The Hall–Kier alpha value is -2.05. The molecule has 0 radical (unpaired) electrons. The number of carbonyl (C=O) groups is 1. The van der Waals surface area contributed by atoms with Gasteiger partial charge in [0.25, 0.3) is 5.91 Å². The molecule has 0 saturated carbocycles. The van der Waals surface area contributed by atoms with Crippen molar-refractivity contribution in [1.82, 2.24) is 15.1 Å². The van der Waals surface area contributed by atoms with E-state index >= 15 is 0 Å². The quantitative estimate of drug-likeness (QED) is 0.789. The van der Waals surface area contributed by atoms with E-state index in [9.17, 15) is 4.79 Å². The van der Waals surface area contributed by atoms with Gasteiger partial charge in [0.1, 0.15) is 11.4 Å². The van der Waals surface area contributed by atoms with E-state index in [1.807, 2.05) is 25.1 Å². The summed E-state index contributed by atoms with van der Waals surface area (Å²) in [5.74, 6) is 0.958. The Morgan fingerprint density at radius 3 is 2.68 bits per heavy atom. The van der Waals surface area contributed by atoms with Crippen LogP contribution in [0.25, 0.3) is 5.69 Å². The molecule has 1 unspecified atom stereocenters. The van der Waals surface area contributed by atoms with Crippen LogP contribution in [-0.4, -0.2) is 35.4 Å². The molecule has 7 heteroatoms. The lowest BCUT2D eigenvalue weighted by Gasteiger charge is -2.18. The monoisotopic (exact) mass is 366 g/mol. The number of nitrogens with one attached hydrogen (secondary N) is 1. The molecule has 1 amide bonds. The van der Waals surface area contributed by atoms with Crippen LogP contribution in [0.4, 0.5) is 0 Å². The van der Waals surface area contributed by atoms with Crippen LogP contribution in [0.1, 0.15) is 36.3 Å². The first kappa shape index (κ1) is 21.0. The molecule has 1 aromatic carbocycles. The largest absolute Gasteiger partial charge is 0.494 e. The van der Waals surface area contributed by atoms with E-state index in [1.54, 1.807) is 24.1 Å². The van der Waals surface area contributed by atoms with E-state index in [1.165, 1.54) is 0 Å². The normalized spacial score (nSPS) is 11.8. The van der Waals surface area contributed by atoms with Crippen molar-refractivity contribution in [2.75, 3.05) is 13.7 Å². The number of hydrogen-bond acceptors (Lipinski definition) is 4. The van der Waals surface area contributed by atoms with Crippen LogP contribution in [0.15, 0.2) is 30.5 Å². The van der Waals surface area contributed by atoms with Crippen LogP contribution in [0.5, 0.6) is 5.75 Å². The number of hydrogen-bond donors (Lipinski definition) is 2. The summed E-state index contributed by atoms with van der Waals surface area (Å²) < 4.78 is 7.03. The highest BCUT2D eigenvalue weighted by Gasteiger charge is 2.17. The summed E-state index contributed by atoms with van der Waals surface area (Å²) in [4.78, 5) is 12.4. The second kappa shape index (κ2) is 9.44. The van der Waals surface area contributed by atoms with Crippen molar-refractivity contribution in [1.29, 1.82) is 0 Å². The number of rotatable bonds is 7. The summed E-state index contributed by atoms with van der Waals surface area (Å²) in [7, 11) is 1.61. The average molecular weight is 367 g/mol. The molecule has 0 saturated heterocycles. The number of carbonyl (C=O) groups excluding carboxylic acids is 1. The van der Waals surface area contributed by atoms with Gasteiger partial charge in [-0.25, -0.2) is 4.68 Å².